The minimum Gasteiger partial charge on any atom is -0.390 e. The number of hydrogen-bond donors (Lipinski definition) is 2. The number of nitrogens with zero attached hydrogens (tertiary/aromatic N) is 4. The van der Waals surface area contributed by atoms with Crippen molar-refractivity contribution in [3.8, 4) is 0 Å². The van der Waals surface area contributed by atoms with Crippen LogP contribution in [0, 0.1) is 0 Å². The zero-order valence-electron chi connectivity index (χ0n) is 12.2. The number of aliphatic hydroxyl groups excluding tert-OH is 1. The third-order valence-corrected chi connectivity index (χ3v) is 4.37. The van der Waals surface area contributed by atoms with E-state index in [9.17, 15) is 13.5 Å². The van der Waals surface area contributed by atoms with E-state index in [0.29, 0.717) is 11.5 Å². The molecule has 0 saturated heterocycles. The van der Waals surface area contributed by atoms with Gasteiger partial charge in [0.2, 0.25) is 10.0 Å². The summed E-state index contributed by atoms with van der Waals surface area (Å²) in [6, 6.07) is 1.53. The number of aromatic nitrogens is 4. The smallest absolute Gasteiger partial charge is 0.242 e. The van der Waals surface area contributed by atoms with E-state index in [1.807, 2.05) is 13.8 Å². The molecule has 9 heteroatoms. The zero-order chi connectivity index (χ0) is 15.6. The molecule has 0 atom stereocenters. The predicted molar refractivity (Wildman–Crippen MR) is 75.8 cm³/mol. The highest BCUT2D eigenvalue weighted by atomic mass is 32.2. The van der Waals surface area contributed by atoms with Gasteiger partial charge in [0.15, 0.2) is 5.82 Å². The Labute approximate surface area is 123 Å². The predicted octanol–water partition coefficient (Wildman–Crippen LogP) is 0.168. The summed E-state index contributed by atoms with van der Waals surface area (Å²) in [6.07, 6.45) is 3.02. The van der Waals surface area contributed by atoms with Crippen molar-refractivity contribution in [2.24, 2.45) is 7.05 Å². The molecule has 0 amide bonds. The number of hydrogen-bond acceptors (Lipinski definition) is 5. The molecule has 0 bridgehead atoms. The van der Waals surface area contributed by atoms with Crippen LogP contribution in [-0.4, -0.2) is 32.9 Å². The molecule has 0 aromatic carbocycles. The first-order chi connectivity index (χ1) is 9.83. The maximum Gasteiger partial charge on any atom is 0.242 e. The van der Waals surface area contributed by atoms with Gasteiger partial charge < -0.3 is 9.67 Å². The fraction of sp³-hybridized carbons (Fsp3) is 0.500. The van der Waals surface area contributed by atoms with Gasteiger partial charge in [0.25, 0.3) is 0 Å². The van der Waals surface area contributed by atoms with Gasteiger partial charge in [0.1, 0.15) is 6.33 Å². The summed E-state index contributed by atoms with van der Waals surface area (Å²) in [5, 5.41) is 13.3. The summed E-state index contributed by atoms with van der Waals surface area (Å²) < 4.78 is 30.2. The van der Waals surface area contributed by atoms with Crippen molar-refractivity contribution in [2.45, 2.75) is 37.9 Å². The molecule has 0 aliphatic carbocycles. The van der Waals surface area contributed by atoms with Crippen molar-refractivity contribution in [1.82, 2.24) is 24.1 Å². The Morgan fingerprint density at radius 3 is 2.62 bits per heavy atom. The van der Waals surface area contributed by atoms with Gasteiger partial charge in [-0.3, -0.25) is 4.68 Å². The molecule has 2 rings (SSSR count). The lowest BCUT2D eigenvalue weighted by atomic mass is 10.3. The molecule has 21 heavy (non-hydrogen) atoms. The van der Waals surface area contributed by atoms with E-state index in [0.717, 1.165) is 0 Å². The van der Waals surface area contributed by atoms with E-state index in [1.165, 1.54) is 23.3 Å². The van der Waals surface area contributed by atoms with E-state index >= 15 is 0 Å². The normalized spacial score (nSPS) is 12.2. The van der Waals surface area contributed by atoms with Gasteiger partial charge in [-0.25, -0.2) is 18.1 Å². The Hall–Kier alpha value is -1.71. The Balaban J connectivity index is 2.19. The maximum atomic E-state index is 12.2. The van der Waals surface area contributed by atoms with Crippen LogP contribution < -0.4 is 4.72 Å². The Morgan fingerprint density at radius 1 is 1.43 bits per heavy atom. The number of nitrogens with one attached hydrogen (secondary N) is 1. The Bertz CT molecular complexity index is 717. The molecule has 2 aromatic rings. The second-order valence-corrected chi connectivity index (χ2v) is 6.75. The van der Waals surface area contributed by atoms with Crippen LogP contribution in [0.3, 0.4) is 0 Å². The van der Waals surface area contributed by atoms with Crippen LogP contribution in [0.4, 0.5) is 0 Å². The lowest BCUT2D eigenvalue weighted by Crippen LogP contribution is -2.23. The highest BCUT2D eigenvalue weighted by Gasteiger charge is 2.19. The van der Waals surface area contributed by atoms with Crippen LogP contribution in [0.5, 0.6) is 0 Å². The molecule has 0 radical (unpaired) electrons. The average molecular weight is 313 g/mol. The van der Waals surface area contributed by atoms with Crippen LogP contribution in [0.15, 0.2) is 23.5 Å². The molecular weight excluding hydrogens is 294 g/mol. The van der Waals surface area contributed by atoms with Crippen molar-refractivity contribution in [2.75, 3.05) is 0 Å². The lowest BCUT2D eigenvalue weighted by molar-refractivity contribution is 0.268. The first kappa shape index (κ1) is 15.7. The van der Waals surface area contributed by atoms with Gasteiger partial charge >= 0.3 is 0 Å². The van der Waals surface area contributed by atoms with Crippen LogP contribution in [0.2, 0.25) is 0 Å². The second kappa shape index (κ2) is 5.96. The quantitative estimate of drug-likeness (QED) is 0.791. The maximum absolute atomic E-state index is 12.2. The molecule has 0 spiro atoms. The first-order valence-corrected chi connectivity index (χ1v) is 7.97. The number of aliphatic hydroxyl groups is 1. The minimum absolute atomic E-state index is 0.0183. The second-order valence-electron chi connectivity index (χ2n) is 4.99. The van der Waals surface area contributed by atoms with E-state index < -0.39 is 10.0 Å². The van der Waals surface area contributed by atoms with Gasteiger partial charge in [0.05, 0.1) is 18.0 Å². The molecule has 116 valence electrons. The summed E-state index contributed by atoms with van der Waals surface area (Å²) in [7, 11) is -1.96. The highest BCUT2D eigenvalue weighted by Crippen LogP contribution is 2.19. The average Bonchev–Trinajstić information content (AvgIpc) is 3.02. The van der Waals surface area contributed by atoms with Gasteiger partial charge in [-0.1, -0.05) is 0 Å². The largest absolute Gasteiger partial charge is 0.390 e. The fourth-order valence-corrected chi connectivity index (χ4v) is 2.99. The molecule has 0 aliphatic rings. The Morgan fingerprint density at radius 2 is 2.14 bits per heavy atom. The number of rotatable bonds is 6. The fourth-order valence-electron chi connectivity index (χ4n) is 1.96. The monoisotopic (exact) mass is 313 g/mol. The van der Waals surface area contributed by atoms with Crippen molar-refractivity contribution < 1.29 is 13.5 Å². The van der Waals surface area contributed by atoms with Gasteiger partial charge in [-0.05, 0) is 19.9 Å². The van der Waals surface area contributed by atoms with E-state index in [1.54, 1.807) is 11.6 Å². The van der Waals surface area contributed by atoms with Crippen LogP contribution in [-0.2, 0) is 30.2 Å². The van der Waals surface area contributed by atoms with E-state index in [2.05, 4.69) is 14.8 Å². The van der Waals surface area contributed by atoms with Gasteiger partial charge in [-0.15, -0.1) is 0 Å². The van der Waals surface area contributed by atoms with Gasteiger partial charge in [0, 0.05) is 25.0 Å². The summed E-state index contributed by atoms with van der Waals surface area (Å²) >= 11 is 0. The van der Waals surface area contributed by atoms with Crippen molar-refractivity contribution in [3.63, 3.8) is 0 Å². The van der Waals surface area contributed by atoms with Crippen molar-refractivity contribution in [3.05, 3.63) is 30.1 Å². The highest BCUT2D eigenvalue weighted by molar-refractivity contribution is 7.89. The van der Waals surface area contributed by atoms with Crippen LogP contribution >= 0.6 is 0 Å². The molecule has 8 nitrogen and oxygen atoms in total. The standard InChI is InChI=1S/C12H19N5O3S/c1-9(2)17-6-11(4-10(17)7-18)21(19,20)14-5-12-13-8-16(3)15-12/h4,6,8-9,14,18H,5,7H2,1-3H3. The molecule has 0 saturated carbocycles. The minimum atomic E-state index is -3.67. The molecule has 2 aromatic heterocycles. The molecule has 0 aliphatic heterocycles. The van der Waals surface area contributed by atoms with E-state index in [4.69, 9.17) is 0 Å². The molecule has 2 heterocycles. The summed E-state index contributed by atoms with van der Waals surface area (Å²) in [5.41, 5.74) is 0.557. The third-order valence-electron chi connectivity index (χ3n) is 3.00. The van der Waals surface area contributed by atoms with E-state index in [-0.39, 0.29) is 24.1 Å². The topological polar surface area (TPSA) is 102 Å². The summed E-state index contributed by atoms with van der Waals surface area (Å²) in [5.74, 6) is 0.395. The SMILES string of the molecule is CC(C)n1cc(S(=O)(=O)NCc2ncn(C)n2)cc1CO. The van der Waals surface area contributed by atoms with Crippen molar-refractivity contribution >= 4 is 10.0 Å². The lowest BCUT2D eigenvalue weighted by Gasteiger charge is -2.10. The van der Waals surface area contributed by atoms with Crippen molar-refractivity contribution in [1.29, 1.82) is 0 Å². The first-order valence-electron chi connectivity index (χ1n) is 6.49. The van der Waals surface area contributed by atoms with Crippen LogP contribution in [0.1, 0.15) is 31.4 Å². The molecular formula is C12H19N5O3S. The summed E-state index contributed by atoms with van der Waals surface area (Å²) in [4.78, 5) is 4.08. The number of aryl methyl sites for hydroxylation is 1. The third kappa shape index (κ3) is 3.49. The van der Waals surface area contributed by atoms with Gasteiger partial charge in [-0.2, -0.15) is 5.10 Å². The Kier molecular flexibility index (Phi) is 4.45. The summed E-state index contributed by atoms with van der Waals surface area (Å²) in [6.45, 7) is 3.64. The molecule has 2 N–H and O–H groups in total. The zero-order valence-corrected chi connectivity index (χ0v) is 13.0. The van der Waals surface area contributed by atoms with Crippen LogP contribution in [0.25, 0.3) is 0 Å². The number of sulfonamides is 1. The molecule has 0 unspecified atom stereocenters. The molecule has 0 fully saturated rings.